The lowest BCUT2D eigenvalue weighted by atomic mass is 10.2. The Kier molecular flexibility index (Phi) is 4.32. The Balaban J connectivity index is 3.31. The van der Waals surface area contributed by atoms with Crippen LogP contribution in [0, 0.1) is 10.1 Å². The molecular formula is C11H12BrNO3S. The van der Waals surface area contributed by atoms with Gasteiger partial charge in [-0.3, -0.25) is 14.9 Å². The summed E-state index contributed by atoms with van der Waals surface area (Å²) in [5, 5.41) is 10.7. The van der Waals surface area contributed by atoms with E-state index in [9.17, 15) is 14.9 Å². The molecule has 1 aromatic rings. The first-order valence-electron chi connectivity index (χ1n) is 4.87. The number of nitrogens with zero attached hydrogens (tertiary/aromatic N) is 1. The SMILES string of the molecule is CC(C)(C)Sc1c(Br)cc([N+](=O)[O-])cc1C=O. The number of halogens is 1. The Morgan fingerprint density at radius 2 is 2.00 bits per heavy atom. The summed E-state index contributed by atoms with van der Waals surface area (Å²) in [6.45, 7) is 6.04. The quantitative estimate of drug-likeness (QED) is 0.365. The van der Waals surface area contributed by atoms with Crippen LogP contribution >= 0.6 is 27.7 Å². The number of non-ortho nitro benzene ring substituents is 1. The summed E-state index contributed by atoms with van der Waals surface area (Å²) in [5.74, 6) is 0. The third-order valence-electron chi connectivity index (χ3n) is 1.80. The van der Waals surface area contributed by atoms with Crippen LogP contribution in [0.4, 0.5) is 5.69 Å². The zero-order chi connectivity index (χ0) is 13.2. The van der Waals surface area contributed by atoms with Crippen LogP contribution in [0.3, 0.4) is 0 Å². The van der Waals surface area contributed by atoms with E-state index >= 15 is 0 Å². The number of carbonyl (C=O) groups is 1. The van der Waals surface area contributed by atoms with Gasteiger partial charge in [-0.25, -0.2) is 0 Å². The number of rotatable bonds is 3. The van der Waals surface area contributed by atoms with Crippen molar-refractivity contribution in [3.63, 3.8) is 0 Å². The summed E-state index contributed by atoms with van der Waals surface area (Å²) < 4.78 is 0.505. The molecule has 92 valence electrons. The summed E-state index contributed by atoms with van der Waals surface area (Å²) in [7, 11) is 0. The molecular weight excluding hydrogens is 306 g/mol. The highest BCUT2D eigenvalue weighted by molar-refractivity contribution is 9.10. The first-order chi connectivity index (χ1) is 7.74. The Morgan fingerprint density at radius 1 is 1.41 bits per heavy atom. The van der Waals surface area contributed by atoms with Crippen molar-refractivity contribution in [2.75, 3.05) is 0 Å². The Hall–Kier alpha value is -0.880. The fourth-order valence-electron chi connectivity index (χ4n) is 1.21. The van der Waals surface area contributed by atoms with Gasteiger partial charge in [0.2, 0.25) is 0 Å². The van der Waals surface area contributed by atoms with E-state index < -0.39 is 4.92 Å². The minimum Gasteiger partial charge on any atom is -0.298 e. The van der Waals surface area contributed by atoms with Crippen LogP contribution in [0.25, 0.3) is 0 Å². The minimum atomic E-state index is -0.511. The van der Waals surface area contributed by atoms with Crippen LogP contribution < -0.4 is 0 Å². The summed E-state index contributed by atoms with van der Waals surface area (Å²) in [6.07, 6.45) is 0.645. The van der Waals surface area contributed by atoms with Gasteiger partial charge >= 0.3 is 0 Å². The molecule has 0 unspecified atom stereocenters. The molecule has 0 atom stereocenters. The highest BCUT2D eigenvalue weighted by Gasteiger charge is 2.20. The van der Waals surface area contributed by atoms with E-state index in [0.717, 1.165) is 4.90 Å². The van der Waals surface area contributed by atoms with Crippen molar-refractivity contribution in [2.45, 2.75) is 30.4 Å². The molecule has 17 heavy (non-hydrogen) atoms. The molecule has 0 aromatic heterocycles. The van der Waals surface area contributed by atoms with E-state index in [4.69, 9.17) is 0 Å². The van der Waals surface area contributed by atoms with Crippen molar-refractivity contribution in [1.82, 2.24) is 0 Å². The Labute approximate surface area is 112 Å². The van der Waals surface area contributed by atoms with Crippen LogP contribution in [0.15, 0.2) is 21.5 Å². The summed E-state index contributed by atoms with van der Waals surface area (Å²) in [5.41, 5.74) is 0.253. The average Bonchev–Trinajstić information content (AvgIpc) is 2.18. The third kappa shape index (κ3) is 3.81. The number of nitro benzene ring substituents is 1. The van der Waals surface area contributed by atoms with Gasteiger partial charge in [0.05, 0.1) is 4.92 Å². The van der Waals surface area contributed by atoms with Gasteiger partial charge in [0.15, 0.2) is 6.29 Å². The molecule has 1 rings (SSSR count). The summed E-state index contributed by atoms with van der Waals surface area (Å²) >= 11 is 4.77. The molecule has 0 saturated carbocycles. The second kappa shape index (κ2) is 5.18. The van der Waals surface area contributed by atoms with Crippen molar-refractivity contribution >= 4 is 39.7 Å². The van der Waals surface area contributed by atoms with Gasteiger partial charge < -0.3 is 0 Å². The summed E-state index contributed by atoms with van der Waals surface area (Å²) in [6, 6.07) is 2.72. The minimum absolute atomic E-state index is 0.0730. The molecule has 1 aromatic carbocycles. The van der Waals surface area contributed by atoms with Gasteiger partial charge in [0, 0.05) is 31.8 Å². The molecule has 0 bridgehead atoms. The van der Waals surface area contributed by atoms with E-state index in [1.54, 1.807) is 0 Å². The Bertz CT molecular complexity index is 469. The lowest BCUT2D eigenvalue weighted by molar-refractivity contribution is -0.385. The normalized spacial score (nSPS) is 11.3. The fraction of sp³-hybridized carbons (Fsp3) is 0.364. The first-order valence-corrected chi connectivity index (χ1v) is 6.47. The molecule has 0 spiro atoms. The Morgan fingerprint density at radius 3 is 2.41 bits per heavy atom. The fourth-order valence-corrected chi connectivity index (χ4v) is 2.91. The first kappa shape index (κ1) is 14.2. The molecule has 0 N–H and O–H groups in total. The van der Waals surface area contributed by atoms with Gasteiger partial charge in [0.1, 0.15) is 0 Å². The van der Waals surface area contributed by atoms with Crippen molar-refractivity contribution in [2.24, 2.45) is 0 Å². The van der Waals surface area contributed by atoms with Gasteiger partial charge in [-0.05, 0) is 15.9 Å². The molecule has 0 aliphatic carbocycles. The van der Waals surface area contributed by atoms with Gasteiger partial charge in [-0.1, -0.05) is 20.8 Å². The molecule has 0 fully saturated rings. The van der Waals surface area contributed by atoms with E-state index in [2.05, 4.69) is 15.9 Å². The highest BCUT2D eigenvalue weighted by Crippen LogP contribution is 2.40. The number of benzene rings is 1. The molecule has 0 heterocycles. The maximum atomic E-state index is 11.0. The predicted molar refractivity (Wildman–Crippen MR) is 71.8 cm³/mol. The number of hydrogen-bond acceptors (Lipinski definition) is 4. The van der Waals surface area contributed by atoms with Crippen molar-refractivity contribution < 1.29 is 9.72 Å². The van der Waals surface area contributed by atoms with Crippen LogP contribution in [-0.2, 0) is 0 Å². The molecule has 0 aliphatic rings. The monoisotopic (exact) mass is 317 g/mol. The standard InChI is InChI=1S/C11H12BrNO3S/c1-11(2,3)17-10-7(6-14)4-8(13(15)16)5-9(10)12/h4-6H,1-3H3. The molecule has 0 aliphatic heterocycles. The summed E-state index contributed by atoms with van der Waals surface area (Å²) in [4.78, 5) is 21.9. The molecule has 6 heteroatoms. The third-order valence-corrected chi connectivity index (χ3v) is 3.96. The van der Waals surface area contributed by atoms with Crippen LogP contribution in [0.1, 0.15) is 31.1 Å². The van der Waals surface area contributed by atoms with Crippen molar-refractivity contribution in [3.8, 4) is 0 Å². The maximum absolute atomic E-state index is 11.0. The second-order valence-electron chi connectivity index (χ2n) is 4.44. The van der Waals surface area contributed by atoms with Crippen molar-refractivity contribution in [3.05, 3.63) is 32.3 Å². The number of nitro groups is 1. The molecule has 0 radical (unpaired) electrons. The number of hydrogen-bond donors (Lipinski definition) is 0. The predicted octanol–water partition coefficient (Wildman–Crippen LogP) is 4.06. The lowest BCUT2D eigenvalue weighted by Gasteiger charge is -2.19. The van der Waals surface area contributed by atoms with E-state index in [-0.39, 0.29) is 10.4 Å². The van der Waals surface area contributed by atoms with Gasteiger partial charge in [-0.15, -0.1) is 11.8 Å². The van der Waals surface area contributed by atoms with E-state index in [1.807, 2.05) is 20.8 Å². The zero-order valence-corrected chi connectivity index (χ0v) is 12.1. The van der Waals surface area contributed by atoms with Crippen molar-refractivity contribution in [1.29, 1.82) is 0 Å². The molecule has 0 amide bonds. The molecule has 4 nitrogen and oxygen atoms in total. The zero-order valence-electron chi connectivity index (χ0n) is 9.69. The smallest absolute Gasteiger partial charge is 0.271 e. The number of aldehydes is 1. The van der Waals surface area contributed by atoms with E-state index in [1.165, 1.54) is 23.9 Å². The van der Waals surface area contributed by atoms with E-state index in [0.29, 0.717) is 16.3 Å². The maximum Gasteiger partial charge on any atom is 0.271 e. The highest BCUT2D eigenvalue weighted by atomic mass is 79.9. The largest absolute Gasteiger partial charge is 0.298 e. The lowest BCUT2D eigenvalue weighted by Crippen LogP contribution is -2.08. The molecule has 0 saturated heterocycles. The topological polar surface area (TPSA) is 60.2 Å². The second-order valence-corrected chi connectivity index (χ2v) is 7.13. The number of carbonyl (C=O) groups excluding carboxylic acids is 1. The van der Waals surface area contributed by atoms with Crippen LogP contribution in [0.2, 0.25) is 0 Å². The van der Waals surface area contributed by atoms with Gasteiger partial charge in [-0.2, -0.15) is 0 Å². The average molecular weight is 318 g/mol. The number of thioether (sulfide) groups is 1. The van der Waals surface area contributed by atoms with Crippen LogP contribution in [0.5, 0.6) is 0 Å². The van der Waals surface area contributed by atoms with Gasteiger partial charge in [0.25, 0.3) is 5.69 Å². The van der Waals surface area contributed by atoms with Crippen LogP contribution in [-0.4, -0.2) is 16.0 Å².